The summed E-state index contributed by atoms with van der Waals surface area (Å²) in [4.78, 5) is 17.6. The van der Waals surface area contributed by atoms with Crippen LogP contribution in [0.25, 0.3) is 0 Å². The highest BCUT2D eigenvalue weighted by molar-refractivity contribution is 8.01. The van der Waals surface area contributed by atoms with Gasteiger partial charge in [0, 0.05) is 30.5 Å². The van der Waals surface area contributed by atoms with Gasteiger partial charge in [0.2, 0.25) is 0 Å². The van der Waals surface area contributed by atoms with Crippen LogP contribution >= 0.6 is 11.8 Å². The van der Waals surface area contributed by atoms with E-state index in [1.165, 1.54) is 12.5 Å². The Morgan fingerprint density at radius 2 is 2.29 bits per heavy atom. The van der Waals surface area contributed by atoms with Gasteiger partial charge in [-0.2, -0.15) is 11.8 Å². The Labute approximate surface area is 128 Å². The van der Waals surface area contributed by atoms with E-state index in [0.29, 0.717) is 30.3 Å². The van der Waals surface area contributed by atoms with E-state index in [1.807, 2.05) is 0 Å². The van der Waals surface area contributed by atoms with Gasteiger partial charge in [0.1, 0.15) is 11.2 Å². The summed E-state index contributed by atoms with van der Waals surface area (Å²) in [5, 5.41) is -0.572. The minimum absolute atomic E-state index is 0.306. The second-order valence-corrected chi connectivity index (χ2v) is 8.03. The van der Waals surface area contributed by atoms with Crippen LogP contribution in [0, 0.1) is 0 Å². The molecule has 21 heavy (non-hydrogen) atoms. The molecule has 0 spiro atoms. The van der Waals surface area contributed by atoms with Crippen molar-refractivity contribution in [3.05, 3.63) is 23.9 Å². The van der Waals surface area contributed by atoms with Crippen molar-refractivity contribution in [2.24, 2.45) is 0 Å². The third-order valence-electron chi connectivity index (χ3n) is 3.13. The van der Waals surface area contributed by atoms with Crippen molar-refractivity contribution in [3.63, 3.8) is 0 Å². The lowest BCUT2D eigenvalue weighted by Crippen LogP contribution is -2.47. The molecule has 1 fully saturated rings. The highest BCUT2D eigenvalue weighted by atomic mass is 32.2. The zero-order chi connectivity index (χ0) is 15.5. The summed E-state index contributed by atoms with van der Waals surface area (Å²) in [5.41, 5.74) is 0.364. The van der Waals surface area contributed by atoms with Crippen molar-refractivity contribution in [2.45, 2.75) is 12.3 Å². The summed E-state index contributed by atoms with van der Waals surface area (Å²) < 4.78 is 28.6. The number of anilines is 1. The molecule has 0 radical (unpaired) electrons. The zero-order valence-electron chi connectivity index (χ0n) is 12.0. The topological polar surface area (TPSA) is 76.6 Å². The molecule has 6 nitrogen and oxygen atoms in total. The Balaban J connectivity index is 2.22. The first-order valence-electron chi connectivity index (χ1n) is 6.60. The highest BCUT2D eigenvalue weighted by Gasteiger charge is 2.31. The fraction of sp³-hybridized carbons (Fsp3) is 0.538. The zero-order valence-corrected chi connectivity index (χ0v) is 13.6. The van der Waals surface area contributed by atoms with Crippen LogP contribution in [0.5, 0.6) is 0 Å². The molecule has 0 saturated carbocycles. The number of thioether (sulfide) groups is 1. The fourth-order valence-electron chi connectivity index (χ4n) is 2.09. The van der Waals surface area contributed by atoms with Crippen molar-refractivity contribution in [2.75, 3.05) is 35.8 Å². The number of aromatic nitrogens is 1. The van der Waals surface area contributed by atoms with Crippen LogP contribution in [-0.2, 0) is 14.6 Å². The first-order chi connectivity index (χ1) is 9.93. The van der Waals surface area contributed by atoms with E-state index >= 15 is 0 Å². The van der Waals surface area contributed by atoms with E-state index < -0.39 is 21.2 Å². The van der Waals surface area contributed by atoms with E-state index in [-0.39, 0.29) is 0 Å². The normalized spacial score (nSPS) is 19.3. The molecule has 1 aliphatic rings. The summed E-state index contributed by atoms with van der Waals surface area (Å²) in [6, 6.07) is 3.28. The van der Waals surface area contributed by atoms with Gasteiger partial charge in [-0.15, -0.1) is 0 Å². The van der Waals surface area contributed by atoms with Crippen LogP contribution in [0.3, 0.4) is 0 Å². The van der Waals surface area contributed by atoms with Crippen LogP contribution in [0.15, 0.2) is 18.3 Å². The Bertz CT molecular complexity index is 601. The smallest absolute Gasteiger partial charge is 0.339 e. The van der Waals surface area contributed by atoms with Crippen molar-refractivity contribution in [1.82, 2.24) is 4.98 Å². The van der Waals surface area contributed by atoms with Gasteiger partial charge in [-0.3, -0.25) is 0 Å². The minimum atomic E-state index is -3.18. The number of esters is 1. The van der Waals surface area contributed by atoms with Gasteiger partial charge in [-0.25, -0.2) is 18.2 Å². The largest absolute Gasteiger partial charge is 0.462 e. The number of nitrogens with zero attached hydrogens (tertiary/aromatic N) is 2. The van der Waals surface area contributed by atoms with E-state index in [9.17, 15) is 13.2 Å². The Morgan fingerprint density at radius 1 is 1.52 bits per heavy atom. The minimum Gasteiger partial charge on any atom is -0.462 e. The lowest BCUT2D eigenvalue weighted by molar-refractivity contribution is 0.0526. The lowest BCUT2D eigenvalue weighted by Gasteiger charge is -2.34. The molecule has 2 rings (SSSR count). The Hall–Kier alpha value is -1.28. The van der Waals surface area contributed by atoms with Gasteiger partial charge in [-0.1, -0.05) is 0 Å². The monoisotopic (exact) mass is 330 g/mol. The SMILES string of the molecule is CCOC(=O)c1ccc(N2CCSCC2S(C)(=O)=O)nc1. The molecule has 2 heterocycles. The maximum Gasteiger partial charge on any atom is 0.339 e. The maximum absolute atomic E-state index is 11.9. The average molecular weight is 330 g/mol. The molecule has 1 atom stereocenters. The van der Waals surface area contributed by atoms with Gasteiger partial charge < -0.3 is 9.64 Å². The number of sulfone groups is 1. The predicted octanol–water partition coefficient (Wildman–Crippen LogP) is 1.18. The van der Waals surface area contributed by atoms with Gasteiger partial charge in [-0.05, 0) is 19.1 Å². The van der Waals surface area contributed by atoms with E-state index in [0.717, 1.165) is 5.75 Å². The molecule has 0 N–H and O–H groups in total. The molecule has 116 valence electrons. The molecule has 1 aromatic heterocycles. The summed E-state index contributed by atoms with van der Waals surface area (Å²) in [5.74, 6) is 1.53. The number of pyridine rings is 1. The third-order valence-corrected chi connectivity index (χ3v) is 5.78. The van der Waals surface area contributed by atoms with Crippen molar-refractivity contribution >= 4 is 33.4 Å². The summed E-state index contributed by atoms with van der Waals surface area (Å²) in [6.45, 7) is 2.66. The molecular weight excluding hydrogens is 312 g/mol. The maximum atomic E-state index is 11.9. The Morgan fingerprint density at radius 3 is 2.86 bits per heavy atom. The molecule has 0 bridgehead atoms. The van der Waals surface area contributed by atoms with Crippen LogP contribution in [-0.4, -0.2) is 55.7 Å². The van der Waals surface area contributed by atoms with Crippen molar-refractivity contribution in [3.8, 4) is 0 Å². The average Bonchev–Trinajstić information content (AvgIpc) is 2.47. The number of ether oxygens (including phenoxy) is 1. The molecule has 0 amide bonds. The number of carbonyl (C=O) groups is 1. The second kappa shape index (κ2) is 6.65. The van der Waals surface area contributed by atoms with Crippen LogP contribution < -0.4 is 4.90 Å². The van der Waals surface area contributed by atoms with E-state index in [4.69, 9.17) is 4.74 Å². The summed E-state index contributed by atoms with van der Waals surface area (Å²) in [6.07, 6.45) is 2.66. The van der Waals surface area contributed by atoms with Gasteiger partial charge in [0.25, 0.3) is 0 Å². The quantitative estimate of drug-likeness (QED) is 0.767. The van der Waals surface area contributed by atoms with E-state index in [1.54, 1.807) is 35.7 Å². The van der Waals surface area contributed by atoms with Gasteiger partial charge in [0.15, 0.2) is 9.84 Å². The van der Waals surface area contributed by atoms with Crippen molar-refractivity contribution < 1.29 is 17.9 Å². The van der Waals surface area contributed by atoms with Crippen LogP contribution in [0.1, 0.15) is 17.3 Å². The van der Waals surface area contributed by atoms with Crippen LogP contribution in [0.4, 0.5) is 5.82 Å². The first kappa shape index (κ1) is 16.1. The Kier molecular flexibility index (Phi) is 5.10. The van der Waals surface area contributed by atoms with Crippen molar-refractivity contribution in [1.29, 1.82) is 0 Å². The standard InChI is InChI=1S/C13H18N2O4S2/c1-3-19-13(16)10-4-5-11(14-8-10)15-6-7-20-9-12(15)21(2,17)18/h4-5,8,12H,3,6-7,9H2,1-2H3. The number of hydrogen-bond donors (Lipinski definition) is 0. The first-order valence-corrected chi connectivity index (χ1v) is 9.71. The molecule has 1 unspecified atom stereocenters. The van der Waals surface area contributed by atoms with Gasteiger partial charge >= 0.3 is 5.97 Å². The second-order valence-electron chi connectivity index (χ2n) is 4.68. The lowest BCUT2D eigenvalue weighted by atomic mass is 10.3. The van der Waals surface area contributed by atoms with Gasteiger partial charge in [0.05, 0.1) is 12.2 Å². The summed E-state index contributed by atoms with van der Waals surface area (Å²) in [7, 11) is -3.18. The molecule has 1 aromatic rings. The molecule has 1 aliphatic heterocycles. The molecule has 0 aromatic carbocycles. The number of carbonyl (C=O) groups excluding carboxylic acids is 1. The number of hydrogen-bond acceptors (Lipinski definition) is 7. The molecular formula is C13H18N2O4S2. The molecule has 0 aliphatic carbocycles. The highest BCUT2D eigenvalue weighted by Crippen LogP contribution is 2.25. The molecule has 1 saturated heterocycles. The van der Waals surface area contributed by atoms with Crippen LogP contribution in [0.2, 0.25) is 0 Å². The predicted molar refractivity (Wildman–Crippen MR) is 83.5 cm³/mol. The number of rotatable bonds is 4. The fourth-order valence-corrected chi connectivity index (χ4v) is 4.92. The van der Waals surface area contributed by atoms with E-state index in [2.05, 4.69) is 4.98 Å². The molecule has 8 heteroatoms. The summed E-state index contributed by atoms with van der Waals surface area (Å²) >= 11 is 1.62. The third kappa shape index (κ3) is 3.88.